The molecule has 7 nitrogen and oxygen atoms in total. The fraction of sp³-hybridized carbons (Fsp3) is 0.367. The molecule has 192 valence electrons. The van der Waals surface area contributed by atoms with Crippen LogP contribution in [0, 0.1) is 0 Å². The molecule has 1 atom stereocenters. The maximum atomic E-state index is 12.9. The van der Waals surface area contributed by atoms with Crippen LogP contribution in [0.3, 0.4) is 0 Å². The molecule has 0 spiro atoms. The summed E-state index contributed by atoms with van der Waals surface area (Å²) < 4.78 is 7.86. The van der Waals surface area contributed by atoms with Gasteiger partial charge in [0.2, 0.25) is 5.91 Å². The van der Waals surface area contributed by atoms with Gasteiger partial charge in [-0.2, -0.15) is 5.10 Å². The van der Waals surface area contributed by atoms with E-state index in [1.165, 1.54) is 16.5 Å². The second kappa shape index (κ2) is 12.0. The molecule has 1 fully saturated rings. The fourth-order valence-electron chi connectivity index (χ4n) is 5.25. The highest BCUT2D eigenvalue weighted by Gasteiger charge is 2.26. The van der Waals surface area contributed by atoms with E-state index in [1.807, 2.05) is 35.5 Å². The van der Waals surface area contributed by atoms with Gasteiger partial charge in [-0.3, -0.25) is 19.4 Å². The highest BCUT2D eigenvalue weighted by atomic mass is 16.5. The number of piperidine rings is 1. The zero-order valence-electron chi connectivity index (χ0n) is 21.5. The smallest absolute Gasteiger partial charge is 0.244 e. The molecule has 1 aliphatic rings. The molecule has 1 saturated heterocycles. The van der Waals surface area contributed by atoms with Gasteiger partial charge in [0.1, 0.15) is 12.3 Å². The summed E-state index contributed by atoms with van der Waals surface area (Å²) in [5.74, 6) is 1.02. The van der Waals surface area contributed by atoms with Crippen molar-refractivity contribution in [1.82, 2.24) is 24.6 Å². The molecule has 1 aliphatic heterocycles. The minimum absolute atomic E-state index is 0.139. The molecule has 2 aromatic heterocycles. The van der Waals surface area contributed by atoms with Crippen molar-refractivity contribution in [3.05, 3.63) is 90.4 Å². The lowest BCUT2D eigenvalue weighted by atomic mass is 9.99. The van der Waals surface area contributed by atoms with Gasteiger partial charge in [0, 0.05) is 56.1 Å². The third-order valence-corrected chi connectivity index (χ3v) is 7.03. The highest BCUT2D eigenvalue weighted by molar-refractivity contribution is 5.81. The van der Waals surface area contributed by atoms with Crippen LogP contribution < -0.4 is 4.74 Å². The largest absolute Gasteiger partial charge is 0.494 e. The normalized spacial score (nSPS) is 15.8. The summed E-state index contributed by atoms with van der Waals surface area (Å²) in [6, 6.07) is 20.8. The maximum Gasteiger partial charge on any atom is 0.244 e. The van der Waals surface area contributed by atoms with Gasteiger partial charge < -0.3 is 9.64 Å². The second-order valence-corrected chi connectivity index (χ2v) is 9.89. The molecule has 0 N–H and O–H groups in total. The van der Waals surface area contributed by atoms with E-state index in [0.717, 1.165) is 56.6 Å². The van der Waals surface area contributed by atoms with Crippen LogP contribution in [-0.4, -0.2) is 56.7 Å². The number of amides is 1. The summed E-state index contributed by atoms with van der Waals surface area (Å²) in [6.45, 7) is 3.35. The molecule has 4 aromatic rings. The zero-order chi connectivity index (χ0) is 25.5. The Morgan fingerprint density at radius 3 is 2.84 bits per heavy atom. The highest BCUT2D eigenvalue weighted by Crippen LogP contribution is 2.22. The number of para-hydroxylation sites is 1. The first-order valence-corrected chi connectivity index (χ1v) is 13.2. The van der Waals surface area contributed by atoms with E-state index in [1.54, 1.807) is 10.9 Å². The molecule has 2 aromatic carbocycles. The number of carbonyl (C=O) groups is 1. The van der Waals surface area contributed by atoms with Crippen LogP contribution in [0.2, 0.25) is 0 Å². The van der Waals surface area contributed by atoms with Gasteiger partial charge in [-0.05, 0) is 61.7 Å². The predicted octanol–water partition coefficient (Wildman–Crippen LogP) is 4.91. The second-order valence-electron chi connectivity index (χ2n) is 9.89. The van der Waals surface area contributed by atoms with Crippen LogP contribution in [0.1, 0.15) is 36.8 Å². The predicted molar refractivity (Wildman–Crippen MR) is 145 cm³/mol. The van der Waals surface area contributed by atoms with E-state index in [2.05, 4.69) is 64.5 Å². The number of fused-ring (bicyclic) bond motifs is 1. The Kier molecular flexibility index (Phi) is 8.11. The van der Waals surface area contributed by atoms with Crippen molar-refractivity contribution >= 4 is 16.8 Å². The molecule has 5 rings (SSSR count). The Balaban J connectivity index is 1.14. The lowest BCUT2D eigenvalue weighted by Crippen LogP contribution is -2.45. The van der Waals surface area contributed by atoms with Crippen LogP contribution in [0.25, 0.3) is 10.9 Å². The minimum atomic E-state index is 0.139. The van der Waals surface area contributed by atoms with Crippen LogP contribution >= 0.6 is 0 Å². The molecule has 7 heteroatoms. The molecule has 0 saturated carbocycles. The average molecular weight is 498 g/mol. The number of rotatable bonds is 10. The lowest BCUT2D eigenvalue weighted by Gasteiger charge is -2.35. The monoisotopic (exact) mass is 497 g/mol. The SMILES string of the molecule is CN(Cc1cccc(OCCC2CCCCN2C(=O)Cn2cccn2)c1)Cc1cccc2cccnc12. The summed E-state index contributed by atoms with van der Waals surface area (Å²) in [7, 11) is 2.13. The Bertz CT molecular complexity index is 1300. The Morgan fingerprint density at radius 2 is 1.95 bits per heavy atom. The summed E-state index contributed by atoms with van der Waals surface area (Å²) in [6.07, 6.45) is 9.49. The fourth-order valence-corrected chi connectivity index (χ4v) is 5.25. The van der Waals surface area contributed by atoms with Crippen LogP contribution in [0.5, 0.6) is 5.75 Å². The standard InChI is InChI=1S/C30H35N5O2/c1-33(22-26-10-5-9-25-11-6-15-31-30(25)26)21-24-8-4-13-28(20-24)37-19-14-27-12-2-3-18-35(27)29(36)23-34-17-7-16-32-34/h4-11,13,15-17,20,27H,2-3,12,14,18-19,21-23H2,1H3. The number of hydrogen-bond donors (Lipinski definition) is 0. The maximum absolute atomic E-state index is 12.9. The van der Waals surface area contributed by atoms with E-state index in [-0.39, 0.29) is 11.9 Å². The number of hydrogen-bond acceptors (Lipinski definition) is 5. The summed E-state index contributed by atoms with van der Waals surface area (Å²) in [4.78, 5) is 21.8. The van der Waals surface area contributed by atoms with Crippen LogP contribution in [0.4, 0.5) is 0 Å². The number of carbonyl (C=O) groups excluding carboxylic acids is 1. The first-order chi connectivity index (χ1) is 18.2. The Morgan fingerprint density at radius 1 is 1.05 bits per heavy atom. The van der Waals surface area contributed by atoms with E-state index in [4.69, 9.17) is 4.74 Å². The third kappa shape index (κ3) is 6.54. The van der Waals surface area contributed by atoms with Gasteiger partial charge in [0.25, 0.3) is 0 Å². The number of pyridine rings is 1. The van der Waals surface area contributed by atoms with Crippen molar-refractivity contribution in [2.45, 2.75) is 51.4 Å². The number of benzene rings is 2. The van der Waals surface area contributed by atoms with Crippen molar-refractivity contribution in [3.63, 3.8) is 0 Å². The first-order valence-electron chi connectivity index (χ1n) is 13.2. The third-order valence-electron chi connectivity index (χ3n) is 7.03. The van der Waals surface area contributed by atoms with Gasteiger partial charge in [0.15, 0.2) is 0 Å². The summed E-state index contributed by atoms with van der Waals surface area (Å²) in [5.41, 5.74) is 3.50. The minimum Gasteiger partial charge on any atom is -0.494 e. The van der Waals surface area contributed by atoms with Crippen molar-refractivity contribution < 1.29 is 9.53 Å². The van der Waals surface area contributed by atoms with Gasteiger partial charge >= 0.3 is 0 Å². The molecule has 0 radical (unpaired) electrons. The molecule has 0 aliphatic carbocycles. The molecule has 1 unspecified atom stereocenters. The number of ether oxygens (including phenoxy) is 1. The lowest BCUT2D eigenvalue weighted by molar-refractivity contribution is -0.136. The zero-order valence-corrected chi connectivity index (χ0v) is 21.5. The summed E-state index contributed by atoms with van der Waals surface area (Å²) in [5, 5.41) is 5.35. The first kappa shape index (κ1) is 25.0. The van der Waals surface area contributed by atoms with Gasteiger partial charge in [-0.1, -0.05) is 36.4 Å². The van der Waals surface area contributed by atoms with Gasteiger partial charge in [-0.15, -0.1) is 0 Å². The topological polar surface area (TPSA) is 63.5 Å². The van der Waals surface area contributed by atoms with E-state index in [9.17, 15) is 4.79 Å². The van der Waals surface area contributed by atoms with Crippen molar-refractivity contribution in [2.24, 2.45) is 0 Å². The summed E-state index contributed by atoms with van der Waals surface area (Å²) >= 11 is 0. The molecule has 3 heterocycles. The van der Waals surface area contributed by atoms with Crippen molar-refractivity contribution in [2.75, 3.05) is 20.2 Å². The molecule has 37 heavy (non-hydrogen) atoms. The van der Waals surface area contributed by atoms with E-state index < -0.39 is 0 Å². The van der Waals surface area contributed by atoms with Crippen molar-refractivity contribution in [3.8, 4) is 5.75 Å². The number of nitrogens with zero attached hydrogens (tertiary/aromatic N) is 5. The van der Waals surface area contributed by atoms with E-state index >= 15 is 0 Å². The molecule has 1 amide bonds. The van der Waals surface area contributed by atoms with Crippen LogP contribution in [-0.2, 0) is 24.4 Å². The van der Waals surface area contributed by atoms with E-state index in [0.29, 0.717) is 13.2 Å². The Labute approximate surface area is 218 Å². The number of aromatic nitrogens is 3. The Hall–Kier alpha value is -3.71. The van der Waals surface area contributed by atoms with Gasteiger partial charge in [0.05, 0.1) is 12.1 Å². The quantitative estimate of drug-likeness (QED) is 0.311. The number of likely N-dealkylation sites (tertiary alicyclic amines) is 1. The van der Waals surface area contributed by atoms with Gasteiger partial charge in [-0.25, -0.2) is 0 Å². The average Bonchev–Trinajstić information content (AvgIpc) is 3.42. The van der Waals surface area contributed by atoms with Crippen molar-refractivity contribution in [1.29, 1.82) is 0 Å². The van der Waals surface area contributed by atoms with Crippen LogP contribution in [0.15, 0.2) is 79.3 Å². The molecule has 0 bridgehead atoms. The molecular formula is C30H35N5O2. The molecular weight excluding hydrogens is 462 g/mol.